The molecule has 62 heavy (non-hydrogen) atoms. The fourth-order valence-electron chi connectivity index (χ4n) is 7.05. The minimum Gasteiger partial charge on any atom is -0.478 e. The van der Waals surface area contributed by atoms with Gasteiger partial charge in [0.05, 0.1) is 51.0 Å². The van der Waals surface area contributed by atoms with E-state index in [1.54, 1.807) is 23.5 Å². The Bertz CT molecular complexity index is 2020. The number of ether oxygens (including phenoxy) is 2. The topological polar surface area (TPSA) is 171 Å². The average molecular weight is 883 g/mol. The second kappa shape index (κ2) is 24.6. The molecular formula is C46H54N6O8S2. The number of amidine groups is 2. The van der Waals surface area contributed by atoms with E-state index in [1.807, 2.05) is 0 Å². The van der Waals surface area contributed by atoms with Crippen molar-refractivity contribution in [3.63, 3.8) is 0 Å². The normalized spacial score (nSPS) is 16.1. The number of aliphatic imine (C=N–C) groups is 2. The quantitative estimate of drug-likeness (QED) is 0.105. The van der Waals surface area contributed by atoms with Crippen molar-refractivity contribution in [1.82, 2.24) is 19.6 Å². The summed E-state index contributed by atoms with van der Waals surface area (Å²) >= 11 is 3.60. The Morgan fingerprint density at radius 1 is 0.516 bits per heavy atom. The van der Waals surface area contributed by atoms with Gasteiger partial charge < -0.3 is 39.7 Å². The van der Waals surface area contributed by atoms with Crippen LogP contribution in [-0.2, 0) is 19.1 Å². The summed E-state index contributed by atoms with van der Waals surface area (Å²) in [5.74, 6) is -0.349. The van der Waals surface area contributed by atoms with Crippen LogP contribution in [0.4, 0.5) is 11.4 Å². The van der Waals surface area contributed by atoms with Crippen LogP contribution in [0.15, 0.2) is 139 Å². The van der Waals surface area contributed by atoms with E-state index in [0.717, 1.165) is 88.5 Å². The van der Waals surface area contributed by atoms with E-state index >= 15 is 0 Å². The molecule has 0 aromatic heterocycles. The first kappa shape index (κ1) is 46.5. The summed E-state index contributed by atoms with van der Waals surface area (Å²) in [7, 11) is 0. The summed E-state index contributed by atoms with van der Waals surface area (Å²) in [6, 6.07) is 33.9. The molecule has 0 saturated carbocycles. The van der Waals surface area contributed by atoms with E-state index in [0.29, 0.717) is 38.6 Å². The van der Waals surface area contributed by atoms with Gasteiger partial charge in [-0.3, -0.25) is 9.80 Å². The number of carboxylic acid groups (broad SMARTS) is 2. The van der Waals surface area contributed by atoms with Gasteiger partial charge in [0.15, 0.2) is 0 Å². The Labute approximate surface area is 371 Å². The van der Waals surface area contributed by atoms with Gasteiger partial charge in [0.2, 0.25) is 0 Å². The Hall–Kier alpha value is -5.04. The summed E-state index contributed by atoms with van der Waals surface area (Å²) in [5.41, 5.74) is 4.54. The highest BCUT2D eigenvalue weighted by atomic mass is 32.2. The van der Waals surface area contributed by atoms with E-state index in [9.17, 15) is 9.59 Å². The number of hydrogen-bond donors (Lipinski definition) is 4. The first-order valence-corrected chi connectivity index (χ1v) is 22.3. The van der Waals surface area contributed by atoms with Gasteiger partial charge in [-0.1, -0.05) is 84.2 Å². The molecule has 16 heteroatoms. The van der Waals surface area contributed by atoms with Crippen LogP contribution in [0.25, 0.3) is 0 Å². The number of carbonyl (C=O) groups is 2. The van der Waals surface area contributed by atoms with Crippen LogP contribution in [0.1, 0.15) is 11.1 Å². The van der Waals surface area contributed by atoms with Crippen molar-refractivity contribution >= 4 is 58.5 Å². The number of rotatable bonds is 12. The second-order valence-electron chi connectivity index (χ2n) is 14.3. The molecule has 0 atom stereocenters. The van der Waals surface area contributed by atoms with Gasteiger partial charge in [0.1, 0.15) is 11.7 Å². The smallest absolute Gasteiger partial charge is 0.328 e. The molecule has 0 radical (unpaired) electrons. The standard InChI is InChI=1S/2C21H25N3O2S.C4H4O4/c2*25-14-16-26-15-13-23-9-11-24(12-10-23)21-17-5-1-3-7-19(17)27-20-8-4-2-6-18(20)22-21;5-3(6)1-2-4(7)8/h2*1-8,25H,9-16H2;1-2H,(H,5,6)(H,7,8). The van der Waals surface area contributed by atoms with E-state index in [1.165, 1.54) is 30.7 Å². The van der Waals surface area contributed by atoms with Gasteiger partial charge >= 0.3 is 11.9 Å². The number of aliphatic carboxylic acids is 2. The SMILES string of the molecule is O=C(O)C=CC(=O)O.OCCOCCN1CCN(C2=Nc3ccccc3Sc3ccccc32)CC1.OCCOCCN1CCN(C2=Nc3ccccc3Sc3ccccc32)CC1. The molecule has 0 bridgehead atoms. The lowest BCUT2D eigenvalue weighted by Gasteiger charge is -2.36. The highest BCUT2D eigenvalue weighted by molar-refractivity contribution is 7.99. The maximum absolute atomic E-state index is 9.55. The zero-order chi connectivity index (χ0) is 43.5. The van der Waals surface area contributed by atoms with Crippen molar-refractivity contribution in [1.29, 1.82) is 0 Å². The molecule has 4 aromatic carbocycles. The van der Waals surface area contributed by atoms with Crippen molar-refractivity contribution in [2.45, 2.75) is 19.6 Å². The number of fused-ring (bicyclic) bond motifs is 4. The van der Waals surface area contributed by atoms with Crippen LogP contribution < -0.4 is 0 Å². The Morgan fingerprint density at radius 2 is 0.871 bits per heavy atom. The van der Waals surface area contributed by atoms with Crippen LogP contribution in [0.3, 0.4) is 0 Å². The van der Waals surface area contributed by atoms with Crippen molar-refractivity contribution in [2.24, 2.45) is 9.98 Å². The van der Waals surface area contributed by atoms with E-state index in [-0.39, 0.29) is 13.2 Å². The number of carboxylic acids is 2. The predicted molar refractivity (Wildman–Crippen MR) is 243 cm³/mol. The molecule has 4 aliphatic rings. The molecule has 4 aliphatic heterocycles. The fourth-order valence-corrected chi connectivity index (χ4v) is 9.09. The molecule has 2 saturated heterocycles. The average Bonchev–Trinajstić information content (AvgIpc) is 3.58. The number of benzene rings is 4. The third-order valence-corrected chi connectivity index (χ3v) is 12.4. The van der Waals surface area contributed by atoms with Crippen LogP contribution in [0.5, 0.6) is 0 Å². The number of nitrogens with zero attached hydrogens (tertiary/aromatic N) is 6. The Balaban J connectivity index is 0.000000176. The third kappa shape index (κ3) is 13.7. The van der Waals surface area contributed by atoms with Gasteiger partial charge in [0, 0.05) is 108 Å². The summed E-state index contributed by atoms with van der Waals surface area (Å²) in [5, 5.41) is 33.2. The monoisotopic (exact) mass is 882 g/mol. The van der Waals surface area contributed by atoms with E-state index in [4.69, 9.17) is 39.9 Å². The number of para-hydroxylation sites is 2. The summed E-state index contributed by atoms with van der Waals surface area (Å²) < 4.78 is 10.8. The summed E-state index contributed by atoms with van der Waals surface area (Å²) in [6.45, 7) is 12.0. The van der Waals surface area contributed by atoms with Gasteiger partial charge in [0.25, 0.3) is 0 Å². The Morgan fingerprint density at radius 3 is 1.24 bits per heavy atom. The van der Waals surface area contributed by atoms with Crippen molar-refractivity contribution in [3.8, 4) is 0 Å². The first-order chi connectivity index (χ1) is 30.3. The number of aliphatic hydroxyl groups excluding tert-OH is 2. The zero-order valence-electron chi connectivity index (χ0n) is 34.6. The first-order valence-electron chi connectivity index (χ1n) is 20.7. The molecule has 0 aliphatic carbocycles. The lowest BCUT2D eigenvalue weighted by atomic mass is 10.1. The number of hydrogen-bond acceptors (Lipinski definition) is 14. The van der Waals surface area contributed by atoms with Gasteiger partial charge in [-0.15, -0.1) is 0 Å². The third-order valence-electron chi connectivity index (χ3n) is 10.2. The zero-order valence-corrected chi connectivity index (χ0v) is 36.3. The molecule has 0 amide bonds. The van der Waals surface area contributed by atoms with Crippen LogP contribution in [-0.4, -0.2) is 169 Å². The molecule has 4 N–H and O–H groups in total. The molecule has 328 valence electrons. The predicted octanol–water partition coefficient (Wildman–Crippen LogP) is 5.42. The van der Waals surface area contributed by atoms with Crippen molar-refractivity contribution in [2.75, 3.05) is 105 Å². The minimum atomic E-state index is -1.26. The van der Waals surface area contributed by atoms with Crippen LogP contribution in [0.2, 0.25) is 0 Å². The molecule has 4 aromatic rings. The van der Waals surface area contributed by atoms with Crippen molar-refractivity contribution in [3.05, 3.63) is 120 Å². The molecule has 0 spiro atoms. The molecular weight excluding hydrogens is 829 g/mol. The molecule has 4 heterocycles. The molecule has 14 nitrogen and oxygen atoms in total. The van der Waals surface area contributed by atoms with Crippen LogP contribution >= 0.6 is 23.5 Å². The van der Waals surface area contributed by atoms with Crippen LogP contribution in [0, 0.1) is 0 Å². The molecule has 8 rings (SSSR count). The largest absolute Gasteiger partial charge is 0.478 e. The molecule has 2 fully saturated rings. The van der Waals surface area contributed by atoms with E-state index in [2.05, 4.69) is 117 Å². The summed E-state index contributed by atoms with van der Waals surface area (Å²) in [4.78, 5) is 43.8. The highest BCUT2D eigenvalue weighted by Crippen LogP contribution is 2.42. The maximum atomic E-state index is 9.55. The van der Waals surface area contributed by atoms with Gasteiger partial charge in [-0.2, -0.15) is 0 Å². The minimum absolute atomic E-state index is 0.0898. The fraction of sp³-hybridized carbons (Fsp3) is 0.348. The summed E-state index contributed by atoms with van der Waals surface area (Å²) in [6.07, 6.45) is 1.12. The number of aliphatic hydroxyl groups is 2. The maximum Gasteiger partial charge on any atom is 0.328 e. The van der Waals surface area contributed by atoms with Gasteiger partial charge in [-0.25, -0.2) is 19.6 Å². The van der Waals surface area contributed by atoms with Crippen molar-refractivity contribution < 1.29 is 39.5 Å². The lowest BCUT2D eigenvalue weighted by Crippen LogP contribution is -2.49. The molecule has 0 unspecified atom stereocenters. The van der Waals surface area contributed by atoms with Gasteiger partial charge in [-0.05, 0) is 36.4 Å². The second-order valence-corrected chi connectivity index (χ2v) is 16.5. The lowest BCUT2D eigenvalue weighted by molar-refractivity contribution is -0.134. The highest BCUT2D eigenvalue weighted by Gasteiger charge is 2.26. The number of piperazine rings is 2. The van der Waals surface area contributed by atoms with E-state index < -0.39 is 11.9 Å². The Kier molecular flexibility index (Phi) is 18.4.